The van der Waals surface area contributed by atoms with Crippen LogP contribution in [0.5, 0.6) is 0 Å². The van der Waals surface area contributed by atoms with Crippen molar-refractivity contribution >= 4 is 24.2 Å². The van der Waals surface area contributed by atoms with Gasteiger partial charge in [0.15, 0.2) is 0 Å². The summed E-state index contributed by atoms with van der Waals surface area (Å²) in [6.07, 6.45) is 3.86. The molecule has 0 bridgehead atoms. The van der Waals surface area contributed by atoms with Crippen molar-refractivity contribution < 1.29 is 14.0 Å². The van der Waals surface area contributed by atoms with Crippen LogP contribution < -0.4 is 11.1 Å². The Morgan fingerprint density at radius 3 is 2.50 bits per heavy atom. The van der Waals surface area contributed by atoms with E-state index in [9.17, 15) is 9.59 Å². The third-order valence-electron chi connectivity index (χ3n) is 4.42. The molecule has 1 saturated heterocycles. The summed E-state index contributed by atoms with van der Waals surface area (Å²) in [7, 11) is 0. The summed E-state index contributed by atoms with van der Waals surface area (Å²) in [4.78, 5) is 27.2. The molecule has 0 aliphatic carbocycles. The highest BCUT2D eigenvalue weighted by molar-refractivity contribution is 5.97. The van der Waals surface area contributed by atoms with Crippen LogP contribution in [-0.4, -0.2) is 35.8 Å². The van der Waals surface area contributed by atoms with Crippen LogP contribution in [0.4, 0.5) is 0 Å². The number of halogens is 1. The van der Waals surface area contributed by atoms with Crippen molar-refractivity contribution in [1.29, 1.82) is 0 Å². The minimum absolute atomic E-state index is 0. The van der Waals surface area contributed by atoms with Crippen LogP contribution >= 0.6 is 12.4 Å². The Labute approximate surface area is 159 Å². The van der Waals surface area contributed by atoms with Gasteiger partial charge in [0.1, 0.15) is 18.1 Å². The van der Waals surface area contributed by atoms with E-state index in [0.717, 1.165) is 31.5 Å². The van der Waals surface area contributed by atoms with E-state index in [1.54, 1.807) is 6.07 Å². The summed E-state index contributed by atoms with van der Waals surface area (Å²) in [6, 6.07) is 10.7. The van der Waals surface area contributed by atoms with Gasteiger partial charge in [-0.15, -0.1) is 12.4 Å². The maximum atomic E-state index is 12.8. The molecule has 0 radical (unpaired) electrons. The number of hydrogen-bond donors (Lipinski definition) is 2. The third-order valence-corrected chi connectivity index (χ3v) is 4.42. The van der Waals surface area contributed by atoms with E-state index in [1.165, 1.54) is 6.26 Å². The SMILES string of the molecule is Cl.NCc1cc(C(=O)NC(Cc2ccccc2)C(=O)N2CCCC2)co1. The number of carbonyl (C=O) groups excluding carboxylic acids is 2. The van der Waals surface area contributed by atoms with Crippen molar-refractivity contribution in [2.24, 2.45) is 5.73 Å². The topological polar surface area (TPSA) is 88.6 Å². The van der Waals surface area contributed by atoms with Gasteiger partial charge in [-0.3, -0.25) is 9.59 Å². The first-order valence-corrected chi connectivity index (χ1v) is 8.58. The standard InChI is InChI=1S/C19H23N3O3.ClH/c20-12-16-11-15(13-25-16)18(23)21-17(10-14-6-2-1-3-7-14)19(24)22-8-4-5-9-22;/h1-3,6-7,11,13,17H,4-5,8-10,12,20H2,(H,21,23);1H. The summed E-state index contributed by atoms with van der Waals surface area (Å²) < 4.78 is 5.21. The minimum atomic E-state index is -0.593. The van der Waals surface area contributed by atoms with E-state index < -0.39 is 6.04 Å². The number of amides is 2. The molecule has 3 N–H and O–H groups in total. The van der Waals surface area contributed by atoms with Crippen LogP contribution in [0.1, 0.15) is 34.5 Å². The van der Waals surface area contributed by atoms with E-state index in [4.69, 9.17) is 10.2 Å². The van der Waals surface area contributed by atoms with Gasteiger partial charge in [-0.05, 0) is 24.5 Å². The molecule has 1 aliphatic heterocycles. The predicted octanol–water partition coefficient (Wildman–Crippen LogP) is 2.12. The predicted molar refractivity (Wildman–Crippen MR) is 101 cm³/mol. The average Bonchev–Trinajstić information content (AvgIpc) is 3.33. The van der Waals surface area contributed by atoms with Gasteiger partial charge in [-0.2, -0.15) is 0 Å². The van der Waals surface area contributed by atoms with Gasteiger partial charge in [-0.1, -0.05) is 30.3 Å². The molecule has 1 atom stereocenters. The summed E-state index contributed by atoms with van der Waals surface area (Å²) >= 11 is 0. The molecule has 1 aromatic carbocycles. The molecule has 7 heteroatoms. The van der Waals surface area contributed by atoms with E-state index in [2.05, 4.69) is 5.32 Å². The van der Waals surface area contributed by atoms with Gasteiger partial charge in [-0.25, -0.2) is 0 Å². The molecule has 1 unspecified atom stereocenters. The van der Waals surface area contributed by atoms with Crippen LogP contribution in [0.15, 0.2) is 47.1 Å². The molecule has 2 amide bonds. The molecule has 1 aliphatic rings. The number of hydrogen-bond acceptors (Lipinski definition) is 4. The fourth-order valence-corrected chi connectivity index (χ4v) is 3.06. The molecule has 2 aromatic rings. The van der Waals surface area contributed by atoms with Crippen LogP contribution in [-0.2, 0) is 17.8 Å². The molecule has 2 heterocycles. The Hall–Kier alpha value is -2.31. The second kappa shape index (κ2) is 9.40. The highest BCUT2D eigenvalue weighted by Gasteiger charge is 2.28. The zero-order chi connectivity index (χ0) is 17.6. The minimum Gasteiger partial charge on any atom is -0.467 e. The van der Waals surface area contributed by atoms with Gasteiger partial charge >= 0.3 is 0 Å². The molecular formula is C19H24ClN3O3. The lowest BCUT2D eigenvalue weighted by Crippen LogP contribution is -2.48. The molecule has 0 spiro atoms. The molecular weight excluding hydrogens is 354 g/mol. The lowest BCUT2D eigenvalue weighted by molar-refractivity contribution is -0.132. The zero-order valence-corrected chi connectivity index (χ0v) is 15.3. The Morgan fingerprint density at radius 2 is 1.88 bits per heavy atom. The van der Waals surface area contributed by atoms with Gasteiger partial charge in [0.2, 0.25) is 5.91 Å². The third kappa shape index (κ3) is 4.86. The fraction of sp³-hybridized carbons (Fsp3) is 0.368. The van der Waals surface area contributed by atoms with E-state index >= 15 is 0 Å². The molecule has 26 heavy (non-hydrogen) atoms. The van der Waals surface area contributed by atoms with E-state index in [-0.39, 0.29) is 30.8 Å². The normalized spacial score (nSPS) is 14.6. The number of likely N-dealkylation sites (tertiary alicyclic amines) is 1. The monoisotopic (exact) mass is 377 g/mol. The summed E-state index contributed by atoms with van der Waals surface area (Å²) in [6.45, 7) is 1.74. The number of furan rings is 1. The molecule has 3 rings (SSSR count). The molecule has 0 saturated carbocycles. The Kier molecular flexibility index (Phi) is 7.24. The van der Waals surface area contributed by atoms with Crippen molar-refractivity contribution in [2.45, 2.75) is 31.8 Å². The number of benzene rings is 1. The van der Waals surface area contributed by atoms with Gasteiger partial charge in [0.25, 0.3) is 5.91 Å². The fourth-order valence-electron chi connectivity index (χ4n) is 3.06. The first-order valence-electron chi connectivity index (χ1n) is 8.58. The first kappa shape index (κ1) is 20.0. The van der Waals surface area contributed by atoms with Gasteiger partial charge in [0.05, 0.1) is 12.1 Å². The Bertz CT molecular complexity index is 727. The van der Waals surface area contributed by atoms with Crippen LogP contribution in [0.25, 0.3) is 0 Å². The van der Waals surface area contributed by atoms with E-state index in [1.807, 2.05) is 35.2 Å². The van der Waals surface area contributed by atoms with Crippen molar-refractivity contribution in [3.8, 4) is 0 Å². The van der Waals surface area contributed by atoms with Crippen LogP contribution in [0.2, 0.25) is 0 Å². The molecule has 1 fully saturated rings. The van der Waals surface area contributed by atoms with Crippen molar-refractivity contribution in [3.63, 3.8) is 0 Å². The van der Waals surface area contributed by atoms with Gasteiger partial charge < -0.3 is 20.4 Å². The highest BCUT2D eigenvalue weighted by atomic mass is 35.5. The maximum Gasteiger partial charge on any atom is 0.255 e. The lowest BCUT2D eigenvalue weighted by Gasteiger charge is -2.24. The van der Waals surface area contributed by atoms with Crippen molar-refractivity contribution in [1.82, 2.24) is 10.2 Å². The summed E-state index contributed by atoms with van der Waals surface area (Å²) in [5.41, 5.74) is 6.90. The summed E-state index contributed by atoms with van der Waals surface area (Å²) in [5, 5.41) is 2.86. The quantitative estimate of drug-likeness (QED) is 0.807. The first-order chi connectivity index (χ1) is 12.2. The smallest absolute Gasteiger partial charge is 0.255 e. The second-order valence-corrected chi connectivity index (χ2v) is 6.25. The number of nitrogens with zero attached hydrogens (tertiary/aromatic N) is 1. The zero-order valence-electron chi connectivity index (χ0n) is 14.5. The highest BCUT2D eigenvalue weighted by Crippen LogP contribution is 2.14. The van der Waals surface area contributed by atoms with Crippen molar-refractivity contribution in [3.05, 3.63) is 59.5 Å². The largest absolute Gasteiger partial charge is 0.467 e. The molecule has 140 valence electrons. The lowest BCUT2D eigenvalue weighted by atomic mass is 10.0. The average molecular weight is 378 g/mol. The van der Waals surface area contributed by atoms with Gasteiger partial charge in [0, 0.05) is 19.5 Å². The number of nitrogens with two attached hydrogens (primary N) is 1. The van der Waals surface area contributed by atoms with E-state index in [0.29, 0.717) is 17.7 Å². The summed E-state index contributed by atoms with van der Waals surface area (Å²) in [5.74, 6) is 0.185. The second-order valence-electron chi connectivity index (χ2n) is 6.25. The number of carbonyl (C=O) groups is 2. The number of rotatable bonds is 6. The van der Waals surface area contributed by atoms with Crippen LogP contribution in [0, 0.1) is 0 Å². The Morgan fingerprint density at radius 1 is 1.19 bits per heavy atom. The van der Waals surface area contributed by atoms with Crippen molar-refractivity contribution in [2.75, 3.05) is 13.1 Å². The molecule has 6 nitrogen and oxygen atoms in total. The van der Waals surface area contributed by atoms with Crippen LogP contribution in [0.3, 0.4) is 0 Å². The number of nitrogens with one attached hydrogen (secondary N) is 1. The maximum absolute atomic E-state index is 12.8. The Balaban J connectivity index is 0.00000243. The molecule has 1 aromatic heterocycles.